The first-order valence-corrected chi connectivity index (χ1v) is 7.88. The third-order valence-corrected chi connectivity index (χ3v) is 4.32. The van der Waals surface area contributed by atoms with E-state index in [1.54, 1.807) is 0 Å². The van der Waals surface area contributed by atoms with Crippen molar-refractivity contribution in [2.75, 3.05) is 23.5 Å². The molecule has 0 aliphatic heterocycles. The summed E-state index contributed by atoms with van der Waals surface area (Å²) in [5.41, 5.74) is 5.20. The zero-order valence-corrected chi connectivity index (χ0v) is 11.1. The molecular formula is C10H12FNO4S2. The van der Waals surface area contributed by atoms with Crippen LogP contribution < -0.4 is 5.73 Å². The number of carboxylic acids is 1. The molecule has 0 spiro atoms. The van der Waals surface area contributed by atoms with E-state index in [9.17, 15) is 17.6 Å². The van der Waals surface area contributed by atoms with Gasteiger partial charge < -0.3 is 10.8 Å². The third-order valence-electron chi connectivity index (χ3n) is 2.04. The third kappa shape index (κ3) is 4.19. The summed E-state index contributed by atoms with van der Waals surface area (Å²) in [6.45, 7) is 0. The van der Waals surface area contributed by atoms with Crippen molar-refractivity contribution in [3.8, 4) is 0 Å². The average Bonchev–Trinajstić information content (AvgIpc) is 2.20. The number of carbonyl (C=O) groups is 1. The Bertz CT molecular complexity index is 571. The van der Waals surface area contributed by atoms with Gasteiger partial charge in [-0.05, 0) is 12.1 Å². The molecule has 3 N–H and O–H groups in total. The van der Waals surface area contributed by atoms with E-state index in [-0.39, 0.29) is 17.2 Å². The maximum atomic E-state index is 13.4. The highest BCUT2D eigenvalue weighted by Crippen LogP contribution is 2.28. The van der Waals surface area contributed by atoms with Crippen LogP contribution in [0, 0.1) is 5.82 Å². The zero-order valence-electron chi connectivity index (χ0n) is 9.51. The van der Waals surface area contributed by atoms with E-state index in [2.05, 4.69) is 0 Å². The number of halogens is 1. The molecule has 0 aliphatic rings. The first kappa shape index (κ1) is 14.8. The van der Waals surface area contributed by atoms with E-state index in [0.717, 1.165) is 30.2 Å². The number of carboxylic acid groups (broad SMARTS) is 1. The molecule has 1 aromatic carbocycles. The van der Waals surface area contributed by atoms with Gasteiger partial charge in [0.1, 0.15) is 15.7 Å². The molecule has 1 rings (SSSR count). The number of thioether (sulfide) groups is 1. The lowest BCUT2D eigenvalue weighted by Gasteiger charge is -2.07. The van der Waals surface area contributed by atoms with Gasteiger partial charge in [0, 0.05) is 22.6 Å². The lowest BCUT2D eigenvalue weighted by molar-refractivity contribution is 0.0692. The lowest BCUT2D eigenvalue weighted by atomic mass is 10.2. The number of nitrogens with two attached hydrogens (primary N) is 1. The van der Waals surface area contributed by atoms with Gasteiger partial charge in [-0.15, -0.1) is 11.8 Å². The van der Waals surface area contributed by atoms with E-state index in [0.29, 0.717) is 4.90 Å². The molecule has 100 valence electrons. The van der Waals surface area contributed by atoms with Crippen LogP contribution in [-0.4, -0.2) is 37.3 Å². The molecule has 1 aromatic rings. The Balaban J connectivity index is 2.85. The van der Waals surface area contributed by atoms with Crippen molar-refractivity contribution >= 4 is 33.3 Å². The molecule has 0 saturated heterocycles. The lowest BCUT2D eigenvalue weighted by Crippen LogP contribution is -2.06. The standard InChI is InChI=1S/C10H12FNO4S2/c1-18(15,16)3-2-17-9-5-7(11)6(10(13)14)4-8(9)12/h4-5H,2-3,12H2,1H3,(H,13,14). The van der Waals surface area contributed by atoms with Crippen LogP contribution in [0.1, 0.15) is 10.4 Å². The molecular weight excluding hydrogens is 281 g/mol. The van der Waals surface area contributed by atoms with Crippen molar-refractivity contribution in [3.63, 3.8) is 0 Å². The molecule has 5 nitrogen and oxygen atoms in total. The topological polar surface area (TPSA) is 97.5 Å². The summed E-state index contributed by atoms with van der Waals surface area (Å²) in [5, 5.41) is 8.68. The minimum atomic E-state index is -3.09. The van der Waals surface area contributed by atoms with Gasteiger partial charge in [-0.3, -0.25) is 0 Å². The Labute approximate surface area is 108 Å². The van der Waals surface area contributed by atoms with Gasteiger partial charge in [0.25, 0.3) is 0 Å². The Morgan fingerprint density at radius 1 is 1.50 bits per heavy atom. The fourth-order valence-electron chi connectivity index (χ4n) is 1.16. The summed E-state index contributed by atoms with van der Waals surface area (Å²) in [4.78, 5) is 11.0. The van der Waals surface area contributed by atoms with Crippen LogP contribution in [0.3, 0.4) is 0 Å². The smallest absolute Gasteiger partial charge is 0.338 e. The van der Waals surface area contributed by atoms with Crippen LogP contribution in [0.15, 0.2) is 17.0 Å². The maximum absolute atomic E-state index is 13.4. The first-order chi connectivity index (χ1) is 8.20. The monoisotopic (exact) mass is 293 g/mol. The minimum Gasteiger partial charge on any atom is -0.478 e. The summed E-state index contributed by atoms with van der Waals surface area (Å²) in [7, 11) is -3.09. The summed E-state index contributed by atoms with van der Waals surface area (Å²) in [6, 6.07) is 2.03. The van der Waals surface area contributed by atoms with Crippen molar-refractivity contribution in [2.45, 2.75) is 4.90 Å². The molecule has 0 aromatic heterocycles. The van der Waals surface area contributed by atoms with Crippen LogP contribution in [-0.2, 0) is 9.84 Å². The first-order valence-electron chi connectivity index (χ1n) is 4.83. The number of hydrogen-bond donors (Lipinski definition) is 2. The van der Waals surface area contributed by atoms with Gasteiger partial charge >= 0.3 is 5.97 Å². The second kappa shape index (κ2) is 5.57. The van der Waals surface area contributed by atoms with Crippen molar-refractivity contribution in [2.24, 2.45) is 0 Å². The van der Waals surface area contributed by atoms with Gasteiger partial charge in [-0.2, -0.15) is 0 Å². The summed E-state index contributed by atoms with van der Waals surface area (Å²) >= 11 is 1.07. The second-order valence-corrected chi connectivity index (χ2v) is 7.05. The SMILES string of the molecule is CS(=O)(=O)CCSc1cc(F)c(C(=O)O)cc1N. The fraction of sp³-hybridized carbons (Fsp3) is 0.300. The quantitative estimate of drug-likeness (QED) is 0.626. The van der Waals surface area contributed by atoms with Crippen LogP contribution in [0.2, 0.25) is 0 Å². The predicted molar refractivity (Wildman–Crippen MR) is 68.2 cm³/mol. The number of rotatable bonds is 5. The number of nitrogen functional groups attached to an aromatic ring is 1. The molecule has 0 saturated carbocycles. The molecule has 0 radical (unpaired) electrons. The zero-order chi connectivity index (χ0) is 13.9. The molecule has 8 heteroatoms. The van der Waals surface area contributed by atoms with Crippen LogP contribution >= 0.6 is 11.8 Å². The van der Waals surface area contributed by atoms with E-state index in [4.69, 9.17) is 10.8 Å². The molecule has 0 bridgehead atoms. The predicted octanol–water partition coefficient (Wildman–Crippen LogP) is 1.24. The van der Waals surface area contributed by atoms with Gasteiger partial charge in [0.2, 0.25) is 0 Å². The van der Waals surface area contributed by atoms with Crippen LogP contribution in [0.5, 0.6) is 0 Å². The Hall–Kier alpha value is -1.28. The van der Waals surface area contributed by atoms with E-state index >= 15 is 0 Å². The van der Waals surface area contributed by atoms with Gasteiger partial charge in [0.15, 0.2) is 0 Å². The molecule has 0 heterocycles. The number of aromatic carboxylic acids is 1. The summed E-state index contributed by atoms with van der Waals surface area (Å²) < 4.78 is 35.2. The highest BCUT2D eigenvalue weighted by Gasteiger charge is 2.14. The highest BCUT2D eigenvalue weighted by atomic mass is 32.2. The Kier molecular flexibility index (Phi) is 4.58. The van der Waals surface area contributed by atoms with Crippen LogP contribution in [0.4, 0.5) is 10.1 Å². The van der Waals surface area contributed by atoms with E-state index < -0.39 is 27.2 Å². The molecule has 0 fully saturated rings. The number of benzene rings is 1. The molecule has 0 aliphatic carbocycles. The summed E-state index contributed by atoms with van der Waals surface area (Å²) in [6.07, 6.45) is 1.10. The maximum Gasteiger partial charge on any atom is 0.338 e. The van der Waals surface area contributed by atoms with Gasteiger partial charge in [-0.1, -0.05) is 0 Å². The molecule has 18 heavy (non-hydrogen) atoms. The Morgan fingerprint density at radius 2 is 2.11 bits per heavy atom. The normalized spacial score (nSPS) is 11.4. The number of hydrogen-bond acceptors (Lipinski definition) is 5. The minimum absolute atomic E-state index is 0.0561. The molecule has 0 unspecified atom stereocenters. The van der Waals surface area contributed by atoms with Crippen molar-refractivity contribution in [1.82, 2.24) is 0 Å². The molecule has 0 atom stereocenters. The number of sulfone groups is 1. The second-order valence-electron chi connectivity index (χ2n) is 3.65. The number of anilines is 1. The van der Waals surface area contributed by atoms with Crippen LogP contribution in [0.25, 0.3) is 0 Å². The average molecular weight is 293 g/mol. The van der Waals surface area contributed by atoms with Crippen molar-refractivity contribution < 1.29 is 22.7 Å². The van der Waals surface area contributed by atoms with Gasteiger partial charge in [-0.25, -0.2) is 17.6 Å². The highest BCUT2D eigenvalue weighted by molar-refractivity contribution is 8.00. The van der Waals surface area contributed by atoms with E-state index in [1.807, 2.05) is 0 Å². The fourth-order valence-corrected chi connectivity index (χ4v) is 3.34. The van der Waals surface area contributed by atoms with Gasteiger partial charge in [0.05, 0.1) is 11.3 Å². The Morgan fingerprint density at radius 3 is 2.61 bits per heavy atom. The largest absolute Gasteiger partial charge is 0.478 e. The van der Waals surface area contributed by atoms with Crippen molar-refractivity contribution in [3.05, 3.63) is 23.5 Å². The van der Waals surface area contributed by atoms with E-state index in [1.165, 1.54) is 0 Å². The summed E-state index contributed by atoms with van der Waals surface area (Å²) in [5.74, 6) is -2.11. The van der Waals surface area contributed by atoms with Crippen molar-refractivity contribution in [1.29, 1.82) is 0 Å². The molecule has 0 amide bonds.